The molecule has 7 heteroatoms. The van der Waals surface area contributed by atoms with Crippen LogP contribution in [-0.2, 0) is 35.8 Å². The number of aromatic nitrogens is 3. The zero-order valence-electron chi connectivity index (χ0n) is 16.1. The van der Waals surface area contributed by atoms with Gasteiger partial charge in [-0.25, -0.2) is 0 Å². The monoisotopic (exact) mass is 369 g/mol. The van der Waals surface area contributed by atoms with Gasteiger partial charge in [-0.05, 0) is 25.3 Å². The molecule has 2 aliphatic rings. The van der Waals surface area contributed by atoms with Crippen molar-refractivity contribution in [3.8, 4) is 0 Å². The van der Waals surface area contributed by atoms with E-state index in [9.17, 15) is 4.79 Å². The van der Waals surface area contributed by atoms with Crippen LogP contribution in [0.4, 0.5) is 0 Å². The van der Waals surface area contributed by atoms with Crippen LogP contribution in [0.15, 0.2) is 24.3 Å². The van der Waals surface area contributed by atoms with Crippen molar-refractivity contribution in [2.45, 2.75) is 52.0 Å². The Bertz CT molecular complexity index is 797. The van der Waals surface area contributed by atoms with Gasteiger partial charge >= 0.3 is 0 Å². The van der Waals surface area contributed by atoms with Crippen molar-refractivity contribution >= 4 is 5.91 Å². The van der Waals surface area contributed by atoms with E-state index in [0.29, 0.717) is 32.3 Å². The molecule has 1 aliphatic carbocycles. The molecule has 7 nitrogen and oxygen atoms in total. The molecule has 1 amide bonds. The molecule has 1 saturated carbocycles. The zero-order valence-corrected chi connectivity index (χ0v) is 16.1. The van der Waals surface area contributed by atoms with Crippen LogP contribution in [0.1, 0.15) is 35.6 Å². The molecule has 0 unspecified atom stereocenters. The van der Waals surface area contributed by atoms with E-state index in [1.807, 2.05) is 0 Å². The normalized spacial score (nSPS) is 17.0. The second-order valence-electron chi connectivity index (χ2n) is 7.57. The Kier molecular flexibility index (Phi) is 5.22. The van der Waals surface area contributed by atoms with Gasteiger partial charge in [-0.1, -0.05) is 29.8 Å². The summed E-state index contributed by atoms with van der Waals surface area (Å²) >= 11 is 0. The fourth-order valence-corrected chi connectivity index (χ4v) is 3.62. The van der Waals surface area contributed by atoms with Crippen molar-refractivity contribution in [2.75, 3.05) is 20.2 Å². The van der Waals surface area contributed by atoms with Gasteiger partial charge in [0.1, 0.15) is 12.4 Å². The lowest BCUT2D eigenvalue weighted by molar-refractivity contribution is -0.134. The number of rotatable bonds is 7. The number of ether oxygens (including phenoxy) is 1. The maximum absolute atomic E-state index is 13.0. The van der Waals surface area contributed by atoms with Gasteiger partial charge in [0.25, 0.3) is 0 Å². The average molecular weight is 369 g/mol. The van der Waals surface area contributed by atoms with Crippen LogP contribution in [0.5, 0.6) is 0 Å². The van der Waals surface area contributed by atoms with Gasteiger partial charge in [-0.3, -0.25) is 9.69 Å². The van der Waals surface area contributed by atoms with E-state index in [4.69, 9.17) is 4.74 Å². The number of amides is 1. The zero-order chi connectivity index (χ0) is 18.8. The molecule has 144 valence electrons. The minimum Gasteiger partial charge on any atom is -0.377 e. The van der Waals surface area contributed by atoms with Crippen molar-refractivity contribution in [1.29, 1.82) is 0 Å². The Morgan fingerprint density at radius 3 is 2.70 bits per heavy atom. The summed E-state index contributed by atoms with van der Waals surface area (Å²) in [6, 6.07) is 8.87. The molecule has 1 aromatic carbocycles. The summed E-state index contributed by atoms with van der Waals surface area (Å²) in [5, 5.41) is 8.47. The average Bonchev–Trinajstić information content (AvgIpc) is 3.43. The molecular weight excluding hydrogens is 342 g/mol. The van der Waals surface area contributed by atoms with Crippen molar-refractivity contribution in [2.24, 2.45) is 0 Å². The van der Waals surface area contributed by atoms with Gasteiger partial charge in [0, 0.05) is 32.8 Å². The minimum atomic E-state index is 0.211. The minimum absolute atomic E-state index is 0.211. The summed E-state index contributed by atoms with van der Waals surface area (Å²) in [7, 11) is 1.66. The highest BCUT2D eigenvalue weighted by atomic mass is 16.5. The Hall–Kier alpha value is -2.25. The third-order valence-electron chi connectivity index (χ3n) is 5.32. The van der Waals surface area contributed by atoms with Crippen molar-refractivity contribution in [3.63, 3.8) is 0 Å². The molecule has 1 aromatic heterocycles. The SMILES string of the molecule is COCc1nnc2n1CCN(CC(=O)N(Cc1ccc(C)cc1)C1CC1)C2. The molecule has 0 N–H and O–H groups in total. The van der Waals surface area contributed by atoms with Crippen LogP contribution in [-0.4, -0.2) is 56.7 Å². The molecule has 0 bridgehead atoms. The molecule has 0 radical (unpaired) electrons. The van der Waals surface area contributed by atoms with Gasteiger partial charge in [0.2, 0.25) is 5.91 Å². The Labute approximate surface area is 159 Å². The highest BCUT2D eigenvalue weighted by Gasteiger charge is 2.33. The molecule has 0 spiro atoms. The van der Waals surface area contributed by atoms with E-state index in [1.165, 1.54) is 11.1 Å². The van der Waals surface area contributed by atoms with Crippen LogP contribution in [0, 0.1) is 6.92 Å². The molecule has 4 rings (SSSR count). The molecule has 0 atom stereocenters. The fourth-order valence-electron chi connectivity index (χ4n) is 3.62. The lowest BCUT2D eigenvalue weighted by Crippen LogP contribution is -2.44. The highest BCUT2D eigenvalue weighted by Crippen LogP contribution is 2.29. The van der Waals surface area contributed by atoms with E-state index >= 15 is 0 Å². The first kappa shape index (κ1) is 18.1. The Morgan fingerprint density at radius 2 is 2.00 bits per heavy atom. The third kappa shape index (κ3) is 4.20. The summed E-state index contributed by atoms with van der Waals surface area (Å²) in [6.07, 6.45) is 2.23. The molecule has 27 heavy (non-hydrogen) atoms. The standard InChI is InChI=1S/C20H27N5O2/c1-15-3-5-16(6-4-15)11-25(17-7-8-17)20(26)13-23-9-10-24-18(12-23)21-22-19(24)14-27-2/h3-6,17H,7-14H2,1-2H3. The summed E-state index contributed by atoms with van der Waals surface area (Å²) < 4.78 is 7.28. The van der Waals surface area contributed by atoms with Crippen LogP contribution in [0.2, 0.25) is 0 Å². The highest BCUT2D eigenvalue weighted by molar-refractivity contribution is 5.79. The maximum Gasteiger partial charge on any atom is 0.237 e. The van der Waals surface area contributed by atoms with Gasteiger partial charge in [0.05, 0.1) is 13.1 Å². The lowest BCUT2D eigenvalue weighted by atomic mass is 10.1. The summed E-state index contributed by atoms with van der Waals surface area (Å²) in [5.41, 5.74) is 2.44. The molecule has 0 saturated heterocycles. The molecule has 1 aliphatic heterocycles. The first-order valence-corrected chi connectivity index (χ1v) is 9.61. The maximum atomic E-state index is 13.0. The third-order valence-corrected chi connectivity index (χ3v) is 5.32. The van der Waals surface area contributed by atoms with Crippen molar-refractivity contribution in [1.82, 2.24) is 24.6 Å². The van der Waals surface area contributed by atoms with E-state index in [1.54, 1.807) is 7.11 Å². The summed E-state index contributed by atoms with van der Waals surface area (Å²) in [5.74, 6) is 1.98. The van der Waals surface area contributed by atoms with Crippen LogP contribution in [0.25, 0.3) is 0 Å². The van der Waals surface area contributed by atoms with E-state index in [0.717, 1.165) is 37.6 Å². The molecule has 2 aromatic rings. The number of carbonyl (C=O) groups is 1. The van der Waals surface area contributed by atoms with Gasteiger partial charge in [0.15, 0.2) is 5.82 Å². The number of benzene rings is 1. The predicted octanol–water partition coefficient (Wildman–Crippen LogP) is 1.74. The number of nitrogens with zero attached hydrogens (tertiary/aromatic N) is 5. The largest absolute Gasteiger partial charge is 0.377 e. The summed E-state index contributed by atoms with van der Waals surface area (Å²) in [6.45, 7) is 5.98. The number of aryl methyl sites for hydroxylation is 1. The van der Waals surface area contributed by atoms with Crippen molar-refractivity contribution in [3.05, 3.63) is 47.0 Å². The number of fused-ring (bicyclic) bond motifs is 1. The van der Waals surface area contributed by atoms with Crippen LogP contribution < -0.4 is 0 Å². The molecule has 2 heterocycles. The summed E-state index contributed by atoms with van der Waals surface area (Å²) in [4.78, 5) is 17.2. The molecule has 1 fully saturated rings. The Balaban J connectivity index is 1.39. The van der Waals surface area contributed by atoms with Gasteiger partial charge < -0.3 is 14.2 Å². The van der Waals surface area contributed by atoms with Crippen LogP contribution >= 0.6 is 0 Å². The van der Waals surface area contributed by atoms with E-state index in [-0.39, 0.29) is 5.91 Å². The second-order valence-corrected chi connectivity index (χ2v) is 7.57. The first-order chi connectivity index (χ1) is 13.1. The van der Waals surface area contributed by atoms with Crippen molar-refractivity contribution < 1.29 is 9.53 Å². The van der Waals surface area contributed by atoms with E-state index < -0.39 is 0 Å². The number of hydrogen-bond donors (Lipinski definition) is 0. The van der Waals surface area contributed by atoms with Gasteiger partial charge in [-0.15, -0.1) is 10.2 Å². The fraction of sp³-hybridized carbons (Fsp3) is 0.550. The number of methoxy groups -OCH3 is 1. The lowest BCUT2D eigenvalue weighted by Gasteiger charge is -2.30. The van der Waals surface area contributed by atoms with E-state index in [2.05, 4.69) is 55.8 Å². The Morgan fingerprint density at radius 1 is 1.22 bits per heavy atom. The predicted molar refractivity (Wildman–Crippen MR) is 101 cm³/mol. The second kappa shape index (κ2) is 7.78. The first-order valence-electron chi connectivity index (χ1n) is 9.61. The van der Waals surface area contributed by atoms with Crippen LogP contribution in [0.3, 0.4) is 0 Å². The smallest absolute Gasteiger partial charge is 0.237 e. The molecular formula is C20H27N5O2. The number of hydrogen-bond acceptors (Lipinski definition) is 5. The topological polar surface area (TPSA) is 63.5 Å². The van der Waals surface area contributed by atoms with Gasteiger partial charge in [-0.2, -0.15) is 0 Å². The number of carbonyl (C=O) groups excluding carboxylic acids is 1. The quantitative estimate of drug-likeness (QED) is 0.744.